The van der Waals surface area contributed by atoms with E-state index in [1.165, 1.54) is 11.3 Å². The van der Waals surface area contributed by atoms with Crippen LogP contribution in [0.2, 0.25) is 0 Å². The highest BCUT2D eigenvalue weighted by molar-refractivity contribution is 8.01. The summed E-state index contributed by atoms with van der Waals surface area (Å²) < 4.78 is 2.73. The fourth-order valence-electron chi connectivity index (χ4n) is 2.91. The zero-order chi connectivity index (χ0) is 20.1. The highest BCUT2D eigenvalue weighted by Crippen LogP contribution is 2.28. The number of rotatable bonds is 7. The fraction of sp³-hybridized carbons (Fsp3) is 0.143. The smallest absolute Gasteiger partial charge is 0.258 e. The second-order valence-corrected chi connectivity index (χ2v) is 8.70. The zero-order valence-electron chi connectivity index (χ0n) is 15.8. The highest BCUT2D eigenvalue weighted by Gasteiger charge is 2.15. The van der Waals surface area contributed by atoms with E-state index >= 15 is 0 Å². The Hall–Kier alpha value is -2.97. The summed E-state index contributed by atoms with van der Waals surface area (Å²) in [7, 11) is 0. The van der Waals surface area contributed by atoms with Crippen molar-refractivity contribution in [2.45, 2.75) is 17.8 Å². The van der Waals surface area contributed by atoms with Crippen molar-refractivity contribution in [3.8, 4) is 11.1 Å². The molecule has 0 saturated heterocycles. The molecule has 0 saturated carbocycles. The maximum absolute atomic E-state index is 12.9. The maximum atomic E-state index is 12.9. The Bertz CT molecular complexity index is 1090. The van der Waals surface area contributed by atoms with Crippen LogP contribution in [-0.4, -0.2) is 31.6 Å². The van der Waals surface area contributed by atoms with E-state index in [1.54, 1.807) is 18.0 Å². The minimum atomic E-state index is -0.189. The molecule has 29 heavy (non-hydrogen) atoms. The third-order valence-corrected chi connectivity index (χ3v) is 6.09. The predicted octanol–water partition coefficient (Wildman–Crippen LogP) is 4.81. The summed E-state index contributed by atoms with van der Waals surface area (Å²) in [5, 5.41) is 15.8. The first-order valence-electron chi connectivity index (χ1n) is 9.16. The first-order valence-corrected chi connectivity index (χ1v) is 11.0. The Morgan fingerprint density at radius 2 is 1.93 bits per heavy atom. The molecule has 2 aromatic heterocycles. The molecule has 0 aliphatic rings. The van der Waals surface area contributed by atoms with Gasteiger partial charge in [-0.05, 0) is 34.6 Å². The molecule has 8 heteroatoms. The summed E-state index contributed by atoms with van der Waals surface area (Å²) >= 11 is 3.00. The molecule has 1 amide bonds. The normalized spacial score (nSPS) is 10.8. The number of carbonyl (C=O) groups excluding carboxylic acids is 1. The van der Waals surface area contributed by atoms with Gasteiger partial charge in [-0.15, -0.1) is 10.2 Å². The molecule has 2 aromatic carbocycles. The average Bonchev–Trinajstić information content (AvgIpc) is 3.41. The highest BCUT2D eigenvalue weighted by atomic mass is 32.2. The first-order chi connectivity index (χ1) is 14.2. The van der Waals surface area contributed by atoms with Crippen LogP contribution in [0.15, 0.2) is 71.3 Å². The van der Waals surface area contributed by atoms with Gasteiger partial charge in [0, 0.05) is 18.0 Å². The number of nitrogens with zero attached hydrogens (tertiary/aromatic N) is 4. The van der Waals surface area contributed by atoms with Crippen LogP contribution < -0.4 is 5.32 Å². The van der Waals surface area contributed by atoms with Crippen LogP contribution in [0.25, 0.3) is 11.1 Å². The molecule has 4 aromatic rings. The number of hydrogen-bond acceptors (Lipinski definition) is 6. The van der Waals surface area contributed by atoms with Crippen molar-refractivity contribution in [1.29, 1.82) is 0 Å². The van der Waals surface area contributed by atoms with Crippen molar-refractivity contribution < 1.29 is 4.79 Å². The van der Waals surface area contributed by atoms with Gasteiger partial charge < -0.3 is 0 Å². The number of hydrogen-bond donors (Lipinski definition) is 1. The van der Waals surface area contributed by atoms with Gasteiger partial charge in [-0.3, -0.25) is 14.8 Å². The molecule has 6 nitrogen and oxygen atoms in total. The second kappa shape index (κ2) is 9.02. The van der Waals surface area contributed by atoms with Gasteiger partial charge in [-0.25, -0.2) is 0 Å². The topological polar surface area (TPSA) is 72.7 Å². The number of benzene rings is 2. The largest absolute Gasteiger partial charge is 0.296 e. The molecule has 146 valence electrons. The van der Waals surface area contributed by atoms with Crippen molar-refractivity contribution in [2.24, 2.45) is 0 Å². The second-order valence-electron chi connectivity index (χ2n) is 6.21. The van der Waals surface area contributed by atoms with E-state index in [4.69, 9.17) is 0 Å². The zero-order valence-corrected chi connectivity index (χ0v) is 17.4. The van der Waals surface area contributed by atoms with E-state index in [1.807, 2.05) is 53.3 Å². The molecule has 0 atom stereocenters. The van der Waals surface area contributed by atoms with Crippen LogP contribution in [0.5, 0.6) is 0 Å². The molecule has 0 unspecified atom stereocenters. The quantitative estimate of drug-likeness (QED) is 0.342. The number of thioether (sulfide) groups is 1. The van der Waals surface area contributed by atoms with Crippen molar-refractivity contribution in [1.82, 2.24) is 20.0 Å². The molecule has 0 radical (unpaired) electrons. The Morgan fingerprint density at radius 3 is 2.69 bits per heavy atom. The van der Waals surface area contributed by atoms with Gasteiger partial charge >= 0.3 is 0 Å². The third-order valence-electron chi connectivity index (χ3n) is 4.24. The van der Waals surface area contributed by atoms with Crippen molar-refractivity contribution in [3.63, 3.8) is 0 Å². The summed E-state index contributed by atoms with van der Waals surface area (Å²) in [6, 6.07) is 17.7. The maximum Gasteiger partial charge on any atom is 0.258 e. The van der Waals surface area contributed by atoms with Crippen LogP contribution in [0.3, 0.4) is 0 Å². The van der Waals surface area contributed by atoms with E-state index in [-0.39, 0.29) is 5.91 Å². The molecule has 4 rings (SSSR count). The minimum Gasteiger partial charge on any atom is -0.296 e. The van der Waals surface area contributed by atoms with E-state index in [0.29, 0.717) is 17.2 Å². The van der Waals surface area contributed by atoms with E-state index in [9.17, 15) is 4.79 Å². The van der Waals surface area contributed by atoms with Crippen LogP contribution in [-0.2, 0) is 6.54 Å². The lowest BCUT2D eigenvalue weighted by molar-refractivity contribution is 0.102. The Labute approximate surface area is 177 Å². The molecule has 0 aliphatic heterocycles. The standard InChI is InChI=1S/C21H19N5OS2/c1-2-28-21-25-24-20(29-21)23-19(27)18-7-4-3-6-17(18)16-10-8-15(9-11-16)14-26-13-5-12-22-26/h3-13H,2,14H2,1H3,(H,23,24,27). The number of carbonyl (C=O) groups is 1. The van der Waals surface area contributed by atoms with Gasteiger partial charge in [0.15, 0.2) is 4.34 Å². The monoisotopic (exact) mass is 421 g/mol. The van der Waals surface area contributed by atoms with E-state index < -0.39 is 0 Å². The molecule has 0 aliphatic carbocycles. The van der Waals surface area contributed by atoms with Gasteiger partial charge in [0.25, 0.3) is 5.91 Å². The van der Waals surface area contributed by atoms with Crippen LogP contribution >= 0.6 is 23.1 Å². The molecular weight excluding hydrogens is 402 g/mol. The Morgan fingerprint density at radius 1 is 1.10 bits per heavy atom. The summed E-state index contributed by atoms with van der Waals surface area (Å²) in [5.41, 5.74) is 3.61. The van der Waals surface area contributed by atoms with Crippen molar-refractivity contribution in [2.75, 3.05) is 11.1 Å². The lowest BCUT2D eigenvalue weighted by Gasteiger charge is -2.10. The summed E-state index contributed by atoms with van der Waals surface area (Å²) in [6.45, 7) is 2.77. The molecule has 0 spiro atoms. The van der Waals surface area contributed by atoms with E-state index in [0.717, 1.165) is 26.8 Å². The van der Waals surface area contributed by atoms with Gasteiger partial charge in [0.05, 0.1) is 6.54 Å². The number of nitrogens with one attached hydrogen (secondary N) is 1. The number of aromatic nitrogens is 4. The molecule has 0 bridgehead atoms. The van der Waals surface area contributed by atoms with Crippen LogP contribution in [0.1, 0.15) is 22.8 Å². The van der Waals surface area contributed by atoms with E-state index in [2.05, 4.69) is 39.7 Å². The number of anilines is 1. The lowest BCUT2D eigenvalue weighted by atomic mass is 9.98. The summed E-state index contributed by atoms with van der Waals surface area (Å²) in [6.07, 6.45) is 3.70. The lowest BCUT2D eigenvalue weighted by Crippen LogP contribution is -2.13. The van der Waals surface area contributed by atoms with Crippen molar-refractivity contribution in [3.05, 3.63) is 78.1 Å². The van der Waals surface area contributed by atoms with Gasteiger partial charge in [-0.1, -0.05) is 72.5 Å². The number of amides is 1. The summed E-state index contributed by atoms with van der Waals surface area (Å²) in [4.78, 5) is 12.9. The first kappa shape index (κ1) is 19.4. The molecular formula is C21H19N5OS2. The van der Waals surface area contributed by atoms with Gasteiger partial charge in [0.1, 0.15) is 0 Å². The molecule has 1 N–H and O–H groups in total. The van der Waals surface area contributed by atoms with Gasteiger partial charge in [-0.2, -0.15) is 5.10 Å². The SMILES string of the molecule is CCSc1nnc(NC(=O)c2ccccc2-c2ccc(Cn3cccn3)cc2)s1. The van der Waals surface area contributed by atoms with Gasteiger partial charge in [0.2, 0.25) is 5.13 Å². The predicted molar refractivity (Wildman–Crippen MR) is 117 cm³/mol. The average molecular weight is 422 g/mol. The molecule has 2 heterocycles. The van der Waals surface area contributed by atoms with Crippen LogP contribution in [0, 0.1) is 0 Å². The van der Waals surface area contributed by atoms with Crippen molar-refractivity contribution >= 4 is 34.1 Å². The third kappa shape index (κ3) is 4.72. The Kier molecular flexibility index (Phi) is 6.02. The summed E-state index contributed by atoms with van der Waals surface area (Å²) in [5.74, 6) is 0.729. The minimum absolute atomic E-state index is 0.189. The Balaban J connectivity index is 1.53. The fourth-order valence-corrected chi connectivity index (χ4v) is 4.55. The molecule has 0 fully saturated rings. The van der Waals surface area contributed by atoms with Crippen LogP contribution in [0.4, 0.5) is 5.13 Å².